The van der Waals surface area contributed by atoms with Crippen LogP contribution >= 0.6 is 11.3 Å². The molecule has 0 atom stereocenters. The average molecular weight is 256 g/mol. The molecule has 0 saturated heterocycles. The summed E-state index contributed by atoms with van der Waals surface area (Å²) in [5.41, 5.74) is 1.06. The Balaban J connectivity index is 1.95. The Hall–Kier alpha value is -0.490. The summed E-state index contributed by atoms with van der Waals surface area (Å²) in [6.45, 7) is 4.84. The molecule has 1 heterocycles. The van der Waals surface area contributed by atoms with E-state index < -0.39 is 0 Å². The number of hydrogen-bond acceptors (Lipinski definition) is 5. The fraction of sp³-hybridized carbons (Fsp3) is 0.750. The average Bonchev–Trinajstić information content (AvgIpc) is 3.08. The SMILES string of the molecule is CCOCc1nc(COC)c(CNC2CC2)s1. The molecule has 17 heavy (non-hydrogen) atoms. The van der Waals surface area contributed by atoms with Gasteiger partial charge in [-0.1, -0.05) is 0 Å². The van der Waals surface area contributed by atoms with Crippen molar-refractivity contribution >= 4 is 11.3 Å². The molecule has 0 bridgehead atoms. The largest absolute Gasteiger partial charge is 0.378 e. The van der Waals surface area contributed by atoms with Crippen LogP contribution in [0.25, 0.3) is 0 Å². The Labute approximate surface area is 106 Å². The number of nitrogens with one attached hydrogen (secondary N) is 1. The van der Waals surface area contributed by atoms with Gasteiger partial charge in [-0.2, -0.15) is 0 Å². The molecule has 5 heteroatoms. The normalized spacial score (nSPS) is 15.4. The molecule has 0 aliphatic heterocycles. The summed E-state index contributed by atoms with van der Waals surface area (Å²) in [6.07, 6.45) is 2.62. The molecule has 1 fully saturated rings. The molecule has 2 rings (SSSR count). The zero-order valence-corrected chi connectivity index (χ0v) is 11.3. The number of nitrogens with zero attached hydrogens (tertiary/aromatic N) is 1. The van der Waals surface area contributed by atoms with Gasteiger partial charge in [-0.25, -0.2) is 4.98 Å². The molecule has 1 aliphatic rings. The lowest BCUT2D eigenvalue weighted by molar-refractivity contribution is 0.133. The highest BCUT2D eigenvalue weighted by atomic mass is 32.1. The Morgan fingerprint density at radius 2 is 2.24 bits per heavy atom. The van der Waals surface area contributed by atoms with Crippen LogP contribution in [0.2, 0.25) is 0 Å². The third-order valence-corrected chi connectivity index (χ3v) is 3.73. The Bertz CT molecular complexity index is 350. The maximum atomic E-state index is 5.39. The van der Waals surface area contributed by atoms with Gasteiger partial charge in [-0.3, -0.25) is 0 Å². The van der Waals surface area contributed by atoms with E-state index in [4.69, 9.17) is 9.47 Å². The van der Waals surface area contributed by atoms with E-state index in [2.05, 4.69) is 10.3 Å². The van der Waals surface area contributed by atoms with Crippen molar-refractivity contribution in [3.8, 4) is 0 Å². The number of rotatable bonds is 8. The molecule has 0 spiro atoms. The van der Waals surface area contributed by atoms with Crippen LogP contribution in [0, 0.1) is 0 Å². The number of ether oxygens (including phenoxy) is 2. The third kappa shape index (κ3) is 4.03. The van der Waals surface area contributed by atoms with Crippen LogP contribution < -0.4 is 5.32 Å². The second-order valence-corrected chi connectivity index (χ2v) is 5.37. The fourth-order valence-corrected chi connectivity index (χ4v) is 2.56. The van der Waals surface area contributed by atoms with Crippen LogP contribution in [0.4, 0.5) is 0 Å². The summed E-state index contributed by atoms with van der Waals surface area (Å²) in [5, 5.41) is 4.56. The maximum absolute atomic E-state index is 5.39. The lowest BCUT2D eigenvalue weighted by atomic mass is 10.3. The van der Waals surface area contributed by atoms with Crippen molar-refractivity contribution in [2.75, 3.05) is 13.7 Å². The first-order valence-corrected chi connectivity index (χ1v) is 6.92. The second-order valence-electron chi connectivity index (χ2n) is 4.20. The topological polar surface area (TPSA) is 43.4 Å². The molecular weight excluding hydrogens is 236 g/mol. The number of methoxy groups -OCH3 is 1. The molecule has 4 nitrogen and oxygen atoms in total. The van der Waals surface area contributed by atoms with Crippen LogP contribution in [0.1, 0.15) is 35.3 Å². The molecule has 0 aromatic carbocycles. The van der Waals surface area contributed by atoms with Crippen molar-refractivity contribution in [3.63, 3.8) is 0 Å². The first kappa shape index (κ1) is 13.0. The minimum atomic E-state index is 0.588. The summed E-state index contributed by atoms with van der Waals surface area (Å²) < 4.78 is 10.6. The quantitative estimate of drug-likeness (QED) is 0.773. The fourth-order valence-electron chi connectivity index (χ4n) is 1.60. The van der Waals surface area contributed by atoms with Gasteiger partial charge in [-0.05, 0) is 19.8 Å². The maximum Gasteiger partial charge on any atom is 0.119 e. The molecule has 1 aromatic rings. The van der Waals surface area contributed by atoms with Gasteiger partial charge in [0.05, 0.1) is 18.9 Å². The standard InChI is InChI=1S/C12H20N2O2S/c1-3-16-8-12-14-10(7-15-2)11(17-12)6-13-9-4-5-9/h9,13H,3-8H2,1-2H3. The van der Waals surface area contributed by atoms with Gasteiger partial charge in [0.25, 0.3) is 0 Å². The van der Waals surface area contributed by atoms with Crippen molar-refractivity contribution in [3.05, 3.63) is 15.6 Å². The van der Waals surface area contributed by atoms with Crippen LogP contribution in [0.3, 0.4) is 0 Å². The number of hydrogen-bond donors (Lipinski definition) is 1. The summed E-state index contributed by atoms with van der Waals surface area (Å²) in [5.74, 6) is 0. The van der Waals surface area contributed by atoms with Crippen LogP contribution in [-0.4, -0.2) is 24.7 Å². The summed E-state index contributed by atoms with van der Waals surface area (Å²) in [7, 11) is 1.71. The zero-order valence-electron chi connectivity index (χ0n) is 10.5. The number of thiazole rings is 1. The predicted molar refractivity (Wildman–Crippen MR) is 68.0 cm³/mol. The van der Waals surface area contributed by atoms with Crippen molar-refractivity contribution in [1.29, 1.82) is 0 Å². The highest BCUT2D eigenvalue weighted by Crippen LogP contribution is 2.23. The molecule has 96 valence electrons. The lowest BCUT2D eigenvalue weighted by Gasteiger charge is -2.02. The van der Waals surface area contributed by atoms with Gasteiger partial charge < -0.3 is 14.8 Å². The number of aromatic nitrogens is 1. The highest BCUT2D eigenvalue weighted by molar-refractivity contribution is 7.11. The Kier molecular flexibility index (Phi) is 4.91. The first-order chi connectivity index (χ1) is 8.33. The van der Waals surface area contributed by atoms with Gasteiger partial charge in [0.15, 0.2) is 0 Å². The van der Waals surface area contributed by atoms with Crippen LogP contribution in [-0.2, 0) is 29.2 Å². The van der Waals surface area contributed by atoms with Gasteiger partial charge >= 0.3 is 0 Å². The van der Waals surface area contributed by atoms with E-state index in [0.717, 1.165) is 29.9 Å². The van der Waals surface area contributed by atoms with E-state index in [1.54, 1.807) is 18.4 Å². The molecule has 1 aliphatic carbocycles. The van der Waals surface area contributed by atoms with Crippen LogP contribution in [0.15, 0.2) is 0 Å². The van der Waals surface area contributed by atoms with E-state index in [1.165, 1.54) is 17.7 Å². The van der Waals surface area contributed by atoms with Crippen LogP contribution in [0.5, 0.6) is 0 Å². The molecule has 0 amide bonds. The molecular formula is C12H20N2O2S. The van der Waals surface area contributed by atoms with E-state index >= 15 is 0 Å². The summed E-state index contributed by atoms with van der Waals surface area (Å²) in [6, 6.07) is 0.725. The Morgan fingerprint density at radius 1 is 1.41 bits per heavy atom. The molecule has 0 radical (unpaired) electrons. The van der Waals surface area contributed by atoms with E-state index in [9.17, 15) is 0 Å². The first-order valence-electron chi connectivity index (χ1n) is 6.11. The summed E-state index contributed by atoms with van der Waals surface area (Å²) >= 11 is 1.73. The lowest BCUT2D eigenvalue weighted by Crippen LogP contribution is -2.15. The second kappa shape index (κ2) is 6.44. The monoisotopic (exact) mass is 256 g/mol. The molecule has 1 N–H and O–H groups in total. The molecule has 0 unspecified atom stereocenters. The minimum Gasteiger partial charge on any atom is -0.378 e. The summed E-state index contributed by atoms with van der Waals surface area (Å²) in [4.78, 5) is 5.85. The van der Waals surface area contributed by atoms with E-state index in [1.807, 2.05) is 6.92 Å². The van der Waals surface area contributed by atoms with E-state index in [-0.39, 0.29) is 0 Å². The molecule has 1 saturated carbocycles. The van der Waals surface area contributed by atoms with E-state index in [0.29, 0.717) is 13.2 Å². The highest BCUT2D eigenvalue weighted by Gasteiger charge is 2.21. The van der Waals surface area contributed by atoms with Gasteiger partial charge in [0.2, 0.25) is 0 Å². The predicted octanol–water partition coefficient (Wildman–Crippen LogP) is 2.08. The third-order valence-electron chi connectivity index (χ3n) is 2.66. The Morgan fingerprint density at radius 3 is 2.88 bits per heavy atom. The van der Waals surface area contributed by atoms with Gasteiger partial charge in [0, 0.05) is 31.2 Å². The zero-order chi connectivity index (χ0) is 12.1. The van der Waals surface area contributed by atoms with Gasteiger partial charge in [0.1, 0.15) is 5.01 Å². The van der Waals surface area contributed by atoms with Crippen molar-refractivity contribution in [2.45, 2.75) is 45.6 Å². The minimum absolute atomic E-state index is 0.588. The molecule has 1 aromatic heterocycles. The van der Waals surface area contributed by atoms with Crippen molar-refractivity contribution < 1.29 is 9.47 Å². The van der Waals surface area contributed by atoms with Crippen molar-refractivity contribution in [1.82, 2.24) is 10.3 Å². The van der Waals surface area contributed by atoms with Crippen molar-refractivity contribution in [2.24, 2.45) is 0 Å². The smallest absolute Gasteiger partial charge is 0.119 e. The van der Waals surface area contributed by atoms with Gasteiger partial charge in [-0.15, -0.1) is 11.3 Å².